The molecule has 0 bridgehead atoms. The third-order valence-corrected chi connectivity index (χ3v) is 3.21. The van der Waals surface area contributed by atoms with Crippen molar-refractivity contribution in [1.82, 2.24) is 5.32 Å². The van der Waals surface area contributed by atoms with Gasteiger partial charge in [-0.1, -0.05) is 33.1 Å². The topological polar surface area (TPSA) is 69.2 Å². The molecule has 0 saturated carbocycles. The van der Waals surface area contributed by atoms with E-state index in [4.69, 9.17) is 0 Å². The predicted molar refractivity (Wildman–Crippen MR) is 60.7 cm³/mol. The Kier molecular flexibility index (Phi) is 13.2. The predicted octanol–water partition coefficient (Wildman–Crippen LogP) is -1.66. The summed E-state index contributed by atoms with van der Waals surface area (Å²) in [5.41, 5.74) is 0. The Hall–Kier alpha value is 0.870. The smallest absolute Gasteiger partial charge is 0.748 e. The number of hydrogen-bond acceptors (Lipinski definition) is 4. The van der Waals surface area contributed by atoms with E-state index in [1.54, 1.807) is 0 Å². The number of rotatable bonds is 9. The zero-order chi connectivity index (χ0) is 11.7. The molecule has 0 fully saturated rings. The summed E-state index contributed by atoms with van der Waals surface area (Å²) in [5, 5.41) is 3.02. The summed E-state index contributed by atoms with van der Waals surface area (Å²) >= 11 is 0. The van der Waals surface area contributed by atoms with Crippen molar-refractivity contribution in [2.24, 2.45) is 5.92 Å². The molecule has 0 aromatic heterocycles. The molecule has 6 heteroatoms. The molecule has 0 aliphatic heterocycles. The molecule has 4 nitrogen and oxygen atoms in total. The maximum Gasteiger partial charge on any atom is 1.00 e. The van der Waals surface area contributed by atoms with Gasteiger partial charge in [-0.2, -0.15) is 0 Å². The van der Waals surface area contributed by atoms with Crippen LogP contribution in [0.2, 0.25) is 0 Å². The maximum atomic E-state index is 10.3. The van der Waals surface area contributed by atoms with Crippen LogP contribution in [0.25, 0.3) is 0 Å². The Morgan fingerprint density at radius 3 is 2.38 bits per heavy atom. The number of nitrogens with one attached hydrogen (secondary N) is 1. The largest absolute Gasteiger partial charge is 1.00 e. The van der Waals surface area contributed by atoms with Gasteiger partial charge in [0, 0.05) is 6.54 Å². The van der Waals surface area contributed by atoms with Crippen molar-refractivity contribution >= 4 is 10.1 Å². The minimum absolute atomic E-state index is 0. The van der Waals surface area contributed by atoms with Crippen LogP contribution in [0.3, 0.4) is 0 Å². The fourth-order valence-corrected chi connectivity index (χ4v) is 1.84. The molecule has 0 aliphatic carbocycles. The van der Waals surface area contributed by atoms with E-state index in [0.29, 0.717) is 5.92 Å². The van der Waals surface area contributed by atoms with Gasteiger partial charge in [-0.15, -0.1) is 0 Å². The molecule has 0 heterocycles. The zero-order valence-electron chi connectivity index (χ0n) is 10.7. The van der Waals surface area contributed by atoms with Gasteiger partial charge >= 0.3 is 29.6 Å². The molecule has 0 saturated heterocycles. The van der Waals surface area contributed by atoms with E-state index in [1.807, 2.05) is 0 Å². The minimum atomic E-state index is -4.06. The Morgan fingerprint density at radius 2 is 1.94 bits per heavy atom. The second-order valence-corrected chi connectivity index (χ2v) is 5.41. The third kappa shape index (κ3) is 12.9. The van der Waals surface area contributed by atoms with Gasteiger partial charge in [0.2, 0.25) is 0 Å². The molecule has 0 rings (SSSR count). The average molecular weight is 259 g/mol. The Labute approximate surface area is 122 Å². The normalized spacial score (nSPS) is 13.2. The summed E-state index contributed by atoms with van der Waals surface area (Å²) in [5.74, 6) is 0.288. The second-order valence-electron chi connectivity index (χ2n) is 3.88. The molecule has 1 N–H and O–H groups in total. The van der Waals surface area contributed by atoms with E-state index < -0.39 is 10.1 Å². The maximum absolute atomic E-state index is 10.3. The van der Waals surface area contributed by atoms with Gasteiger partial charge in [0.05, 0.1) is 15.9 Å². The van der Waals surface area contributed by atoms with Crippen LogP contribution in [0.1, 0.15) is 39.5 Å². The standard InChI is InChI=1S/C10H23NO3S.Na/c1-3-5-6-10(4-2)9-11-7-8-15(12,13)14;/h10-11H,3-9H2,1-2H3,(H,12,13,14);/q;+1/p-1. The molecule has 0 aromatic carbocycles. The van der Waals surface area contributed by atoms with Gasteiger partial charge in [-0.25, -0.2) is 8.42 Å². The van der Waals surface area contributed by atoms with E-state index >= 15 is 0 Å². The van der Waals surface area contributed by atoms with Crippen molar-refractivity contribution in [1.29, 1.82) is 0 Å². The van der Waals surface area contributed by atoms with Gasteiger partial charge in [0.15, 0.2) is 0 Å². The first-order valence-electron chi connectivity index (χ1n) is 5.63. The molecule has 0 spiro atoms. The van der Waals surface area contributed by atoms with E-state index in [9.17, 15) is 13.0 Å². The summed E-state index contributed by atoms with van der Waals surface area (Å²) in [4.78, 5) is 0. The van der Waals surface area contributed by atoms with Gasteiger partial charge in [-0.05, 0) is 18.9 Å². The van der Waals surface area contributed by atoms with E-state index in [1.165, 1.54) is 19.3 Å². The van der Waals surface area contributed by atoms with Gasteiger partial charge in [0.25, 0.3) is 0 Å². The van der Waals surface area contributed by atoms with Crippen molar-refractivity contribution in [2.45, 2.75) is 39.5 Å². The van der Waals surface area contributed by atoms with E-state index in [-0.39, 0.29) is 41.9 Å². The summed E-state index contributed by atoms with van der Waals surface area (Å²) < 4.78 is 31.0. The van der Waals surface area contributed by atoms with Crippen LogP contribution >= 0.6 is 0 Å². The molecule has 0 amide bonds. The van der Waals surface area contributed by atoms with Crippen molar-refractivity contribution in [3.63, 3.8) is 0 Å². The van der Waals surface area contributed by atoms with Crippen molar-refractivity contribution < 1.29 is 42.5 Å². The quantitative estimate of drug-likeness (QED) is 0.306. The molecule has 16 heavy (non-hydrogen) atoms. The Bertz CT molecular complexity index is 244. The molecule has 1 unspecified atom stereocenters. The summed E-state index contributed by atoms with van der Waals surface area (Å²) in [7, 11) is -4.06. The van der Waals surface area contributed by atoms with Crippen LogP contribution < -0.4 is 34.9 Å². The van der Waals surface area contributed by atoms with Gasteiger partial charge < -0.3 is 9.87 Å². The van der Waals surface area contributed by atoms with E-state index in [0.717, 1.165) is 13.0 Å². The van der Waals surface area contributed by atoms with Crippen molar-refractivity contribution in [3.05, 3.63) is 0 Å². The SMILES string of the molecule is CCCCC(CC)CNCCS(=O)(=O)[O-].[Na+]. The molecule has 92 valence electrons. The summed E-state index contributed by atoms with van der Waals surface area (Å²) in [6.45, 7) is 5.37. The van der Waals surface area contributed by atoms with Crippen molar-refractivity contribution in [3.8, 4) is 0 Å². The monoisotopic (exact) mass is 259 g/mol. The molecule has 0 aromatic rings. The fourth-order valence-electron chi connectivity index (χ4n) is 1.45. The molecular formula is C10H22NNaO3S. The minimum Gasteiger partial charge on any atom is -0.748 e. The first kappa shape index (κ1) is 19.2. The number of hydrogen-bond donors (Lipinski definition) is 1. The molecule has 1 atom stereocenters. The van der Waals surface area contributed by atoms with Gasteiger partial charge in [0.1, 0.15) is 0 Å². The molecular weight excluding hydrogens is 237 g/mol. The van der Waals surface area contributed by atoms with Crippen LogP contribution in [0, 0.1) is 5.92 Å². The molecule has 0 aliphatic rings. The number of unbranched alkanes of at least 4 members (excludes halogenated alkanes) is 1. The fraction of sp³-hybridized carbons (Fsp3) is 1.00. The second kappa shape index (κ2) is 11.0. The summed E-state index contributed by atoms with van der Waals surface area (Å²) in [6.07, 6.45) is 4.66. The zero-order valence-corrected chi connectivity index (χ0v) is 13.5. The molecule has 0 radical (unpaired) electrons. The van der Waals surface area contributed by atoms with E-state index in [2.05, 4.69) is 19.2 Å². The van der Waals surface area contributed by atoms with Crippen LogP contribution in [0.4, 0.5) is 0 Å². The van der Waals surface area contributed by atoms with Crippen LogP contribution in [0.5, 0.6) is 0 Å². The first-order chi connectivity index (χ1) is 6.99. The summed E-state index contributed by atoms with van der Waals surface area (Å²) in [6, 6.07) is 0. The third-order valence-electron chi connectivity index (χ3n) is 2.51. The van der Waals surface area contributed by atoms with Crippen molar-refractivity contribution in [2.75, 3.05) is 18.8 Å². The van der Waals surface area contributed by atoms with Crippen LogP contribution in [-0.4, -0.2) is 31.8 Å². The Balaban J connectivity index is 0. The first-order valence-corrected chi connectivity index (χ1v) is 7.21. The van der Waals surface area contributed by atoms with Gasteiger partial charge in [-0.3, -0.25) is 0 Å². The average Bonchev–Trinajstić information content (AvgIpc) is 2.15. The Morgan fingerprint density at radius 1 is 1.31 bits per heavy atom. The van der Waals surface area contributed by atoms with Crippen LogP contribution in [-0.2, 0) is 10.1 Å². The van der Waals surface area contributed by atoms with Crippen LogP contribution in [0.15, 0.2) is 0 Å².